The summed E-state index contributed by atoms with van der Waals surface area (Å²) in [6, 6.07) is -0.0899. The zero-order valence-corrected chi connectivity index (χ0v) is 12.5. The molecule has 1 fully saturated rings. The number of imidazole rings is 1. The molecule has 1 aliphatic rings. The van der Waals surface area contributed by atoms with Gasteiger partial charge in [-0.1, -0.05) is 6.92 Å². The Balaban J connectivity index is 2.30. The summed E-state index contributed by atoms with van der Waals surface area (Å²) in [4.78, 5) is 4.17. The van der Waals surface area contributed by atoms with Crippen LogP contribution in [0.3, 0.4) is 0 Å². The Morgan fingerprint density at radius 3 is 2.68 bits per heavy atom. The van der Waals surface area contributed by atoms with Crippen molar-refractivity contribution in [2.75, 3.05) is 13.1 Å². The maximum absolute atomic E-state index is 12.6. The third-order valence-corrected chi connectivity index (χ3v) is 5.26. The minimum Gasteiger partial charge on any atom is -0.334 e. The smallest absolute Gasteiger partial charge is 0.262 e. The molecule has 1 aromatic rings. The average molecular weight is 286 g/mol. The lowest BCUT2D eigenvalue weighted by Crippen LogP contribution is -2.48. The Morgan fingerprint density at radius 1 is 1.47 bits per heavy atom. The summed E-state index contributed by atoms with van der Waals surface area (Å²) in [6.07, 6.45) is 2.48. The molecule has 19 heavy (non-hydrogen) atoms. The van der Waals surface area contributed by atoms with Gasteiger partial charge in [-0.05, 0) is 26.2 Å². The quantitative estimate of drug-likeness (QED) is 0.880. The molecule has 0 radical (unpaired) electrons. The van der Waals surface area contributed by atoms with Crippen LogP contribution in [0.15, 0.2) is 11.2 Å². The molecule has 0 bridgehead atoms. The molecule has 2 heterocycles. The Morgan fingerprint density at radius 2 is 2.16 bits per heavy atom. The second-order valence-corrected chi connectivity index (χ2v) is 7.22. The third kappa shape index (κ3) is 2.82. The van der Waals surface area contributed by atoms with E-state index in [9.17, 15) is 8.42 Å². The number of nitrogens with two attached hydrogens (primary N) is 1. The van der Waals surface area contributed by atoms with Gasteiger partial charge in [0.15, 0.2) is 5.03 Å². The largest absolute Gasteiger partial charge is 0.334 e. The van der Waals surface area contributed by atoms with E-state index in [-0.39, 0.29) is 17.0 Å². The highest BCUT2D eigenvalue weighted by atomic mass is 32.2. The standard InChI is InChI=1S/C12H22N4O2S/c1-4-15-8-12(14-10(15)3)19(17,18)16-6-9(2)5-11(13)7-16/h8-9,11H,4-7,13H2,1-3H3. The zero-order valence-electron chi connectivity index (χ0n) is 11.7. The molecule has 0 aliphatic carbocycles. The summed E-state index contributed by atoms with van der Waals surface area (Å²) in [5.74, 6) is 1.00. The van der Waals surface area contributed by atoms with Crippen LogP contribution < -0.4 is 5.73 Å². The first-order valence-electron chi connectivity index (χ1n) is 6.64. The van der Waals surface area contributed by atoms with Crippen LogP contribution in [0.1, 0.15) is 26.1 Å². The number of rotatable bonds is 3. The average Bonchev–Trinajstić information content (AvgIpc) is 2.70. The van der Waals surface area contributed by atoms with E-state index in [1.165, 1.54) is 4.31 Å². The van der Waals surface area contributed by atoms with Gasteiger partial charge in [0.25, 0.3) is 10.0 Å². The van der Waals surface area contributed by atoms with Gasteiger partial charge in [-0.3, -0.25) is 0 Å². The Hall–Kier alpha value is -0.920. The Labute approximate surface area is 114 Å². The Kier molecular flexibility index (Phi) is 3.98. The summed E-state index contributed by atoms with van der Waals surface area (Å²) in [5, 5.41) is 0.133. The molecule has 1 saturated heterocycles. The summed E-state index contributed by atoms with van der Waals surface area (Å²) in [5.41, 5.74) is 5.92. The normalized spacial score (nSPS) is 25.7. The van der Waals surface area contributed by atoms with E-state index >= 15 is 0 Å². The number of nitrogens with zero attached hydrogens (tertiary/aromatic N) is 3. The highest BCUT2D eigenvalue weighted by molar-refractivity contribution is 7.89. The number of piperidine rings is 1. The van der Waals surface area contributed by atoms with Crippen LogP contribution in [-0.4, -0.2) is 41.4 Å². The number of hydrogen-bond donors (Lipinski definition) is 1. The first-order chi connectivity index (χ1) is 8.84. The molecule has 0 saturated carbocycles. The van der Waals surface area contributed by atoms with Crippen LogP contribution in [-0.2, 0) is 16.6 Å². The van der Waals surface area contributed by atoms with E-state index in [1.54, 1.807) is 6.20 Å². The summed E-state index contributed by atoms with van der Waals surface area (Å²) in [6.45, 7) is 7.41. The maximum atomic E-state index is 12.6. The monoisotopic (exact) mass is 286 g/mol. The van der Waals surface area contributed by atoms with E-state index in [1.807, 2.05) is 25.3 Å². The maximum Gasteiger partial charge on any atom is 0.262 e. The fraction of sp³-hybridized carbons (Fsp3) is 0.750. The van der Waals surface area contributed by atoms with Crippen molar-refractivity contribution >= 4 is 10.0 Å². The van der Waals surface area contributed by atoms with Gasteiger partial charge in [-0.2, -0.15) is 4.31 Å². The van der Waals surface area contributed by atoms with Crippen molar-refractivity contribution < 1.29 is 8.42 Å². The SMILES string of the molecule is CCn1cc(S(=O)(=O)N2CC(C)CC(N)C2)nc1C. The lowest BCUT2D eigenvalue weighted by molar-refractivity contribution is 0.254. The van der Waals surface area contributed by atoms with Crippen LogP contribution in [0.5, 0.6) is 0 Å². The van der Waals surface area contributed by atoms with Gasteiger partial charge in [-0.15, -0.1) is 0 Å². The molecular formula is C12H22N4O2S. The highest BCUT2D eigenvalue weighted by Crippen LogP contribution is 2.22. The second-order valence-electron chi connectivity index (χ2n) is 5.34. The molecular weight excluding hydrogens is 264 g/mol. The van der Waals surface area contributed by atoms with Gasteiger partial charge in [-0.25, -0.2) is 13.4 Å². The van der Waals surface area contributed by atoms with Crippen molar-refractivity contribution in [2.24, 2.45) is 11.7 Å². The first-order valence-corrected chi connectivity index (χ1v) is 8.08. The zero-order chi connectivity index (χ0) is 14.2. The van der Waals surface area contributed by atoms with E-state index in [4.69, 9.17) is 5.73 Å². The summed E-state index contributed by atoms with van der Waals surface area (Å²) in [7, 11) is -3.52. The first kappa shape index (κ1) is 14.5. The molecule has 2 N–H and O–H groups in total. The molecule has 0 aromatic carbocycles. The third-order valence-electron chi connectivity index (χ3n) is 3.56. The predicted octanol–water partition coefficient (Wildman–Crippen LogP) is 0.569. The van der Waals surface area contributed by atoms with Crippen LogP contribution >= 0.6 is 0 Å². The van der Waals surface area contributed by atoms with Gasteiger partial charge < -0.3 is 10.3 Å². The molecule has 108 valence electrons. The van der Waals surface area contributed by atoms with Gasteiger partial charge >= 0.3 is 0 Å². The number of aromatic nitrogens is 2. The van der Waals surface area contributed by atoms with E-state index < -0.39 is 10.0 Å². The lowest BCUT2D eigenvalue weighted by Gasteiger charge is -2.33. The van der Waals surface area contributed by atoms with Gasteiger partial charge in [0, 0.05) is 31.9 Å². The summed E-state index contributed by atoms with van der Waals surface area (Å²) >= 11 is 0. The van der Waals surface area contributed by atoms with E-state index in [0.717, 1.165) is 12.2 Å². The number of aryl methyl sites for hydroxylation is 2. The number of sulfonamides is 1. The fourth-order valence-corrected chi connectivity index (χ4v) is 4.21. The molecule has 7 heteroatoms. The lowest BCUT2D eigenvalue weighted by atomic mass is 9.99. The molecule has 1 aromatic heterocycles. The fourth-order valence-electron chi connectivity index (χ4n) is 2.60. The van der Waals surface area contributed by atoms with Crippen LogP contribution in [0.2, 0.25) is 0 Å². The van der Waals surface area contributed by atoms with Crippen molar-refractivity contribution in [1.82, 2.24) is 13.9 Å². The molecule has 2 unspecified atom stereocenters. The summed E-state index contributed by atoms with van der Waals surface area (Å²) < 4.78 is 28.4. The van der Waals surface area contributed by atoms with Crippen molar-refractivity contribution in [3.8, 4) is 0 Å². The Bertz CT molecular complexity index is 542. The molecule has 2 atom stereocenters. The highest BCUT2D eigenvalue weighted by Gasteiger charge is 2.33. The van der Waals surface area contributed by atoms with Crippen LogP contribution in [0.25, 0.3) is 0 Å². The van der Waals surface area contributed by atoms with Gasteiger partial charge in [0.1, 0.15) is 5.82 Å². The minimum atomic E-state index is -3.52. The molecule has 6 nitrogen and oxygen atoms in total. The number of hydrogen-bond acceptors (Lipinski definition) is 4. The predicted molar refractivity (Wildman–Crippen MR) is 73.2 cm³/mol. The van der Waals surface area contributed by atoms with Gasteiger partial charge in [0.05, 0.1) is 0 Å². The molecule has 2 rings (SSSR count). The van der Waals surface area contributed by atoms with Crippen molar-refractivity contribution in [3.63, 3.8) is 0 Å². The van der Waals surface area contributed by atoms with Crippen LogP contribution in [0.4, 0.5) is 0 Å². The van der Waals surface area contributed by atoms with E-state index in [2.05, 4.69) is 4.98 Å². The van der Waals surface area contributed by atoms with Crippen molar-refractivity contribution in [2.45, 2.75) is 44.8 Å². The second kappa shape index (κ2) is 5.22. The van der Waals surface area contributed by atoms with Crippen LogP contribution in [0, 0.1) is 12.8 Å². The van der Waals surface area contributed by atoms with Gasteiger partial charge in [0.2, 0.25) is 0 Å². The molecule has 0 spiro atoms. The van der Waals surface area contributed by atoms with Crippen molar-refractivity contribution in [3.05, 3.63) is 12.0 Å². The molecule has 1 aliphatic heterocycles. The minimum absolute atomic E-state index is 0.0899. The topological polar surface area (TPSA) is 81.2 Å². The molecule has 0 amide bonds. The van der Waals surface area contributed by atoms with E-state index in [0.29, 0.717) is 19.6 Å². The van der Waals surface area contributed by atoms with Crippen molar-refractivity contribution in [1.29, 1.82) is 0 Å².